The summed E-state index contributed by atoms with van der Waals surface area (Å²) < 4.78 is 45.3. The molecule has 0 aliphatic carbocycles. The fraction of sp³-hybridized carbons (Fsp3) is 0.471. The fourth-order valence-corrected chi connectivity index (χ4v) is 2.09. The van der Waals surface area contributed by atoms with Crippen LogP contribution in [0.2, 0.25) is 0 Å². The van der Waals surface area contributed by atoms with Crippen molar-refractivity contribution in [1.29, 1.82) is 0 Å². The van der Waals surface area contributed by atoms with Crippen LogP contribution in [-0.4, -0.2) is 29.0 Å². The highest BCUT2D eigenvalue weighted by molar-refractivity contribution is 14.0. The summed E-state index contributed by atoms with van der Waals surface area (Å²) in [5.74, 6) is 1.46. The van der Waals surface area contributed by atoms with Crippen LogP contribution in [0.1, 0.15) is 43.5 Å². The van der Waals surface area contributed by atoms with Gasteiger partial charge < -0.3 is 20.3 Å². The van der Waals surface area contributed by atoms with Gasteiger partial charge in [-0.3, -0.25) is 0 Å². The molecule has 0 saturated heterocycles. The average molecular weight is 513 g/mol. The van der Waals surface area contributed by atoms with Crippen LogP contribution in [0.4, 0.5) is 13.2 Å². The van der Waals surface area contributed by atoms with Crippen molar-refractivity contribution in [2.75, 3.05) is 6.54 Å². The lowest BCUT2D eigenvalue weighted by Gasteiger charge is -2.09. The van der Waals surface area contributed by atoms with Gasteiger partial charge >= 0.3 is 6.36 Å². The molecule has 3 N–H and O–H groups in total. The van der Waals surface area contributed by atoms with Gasteiger partial charge in [0.2, 0.25) is 5.89 Å². The second kappa shape index (κ2) is 11.1. The SMILES string of the molecule is CC(C)c1noc(CCCNC(N)=NCc2ccc(OC(F)(F)F)cc2)n1.I. The molecule has 0 bridgehead atoms. The molecule has 0 radical (unpaired) electrons. The largest absolute Gasteiger partial charge is 0.573 e. The van der Waals surface area contributed by atoms with Crippen molar-refractivity contribution in [2.24, 2.45) is 10.7 Å². The van der Waals surface area contributed by atoms with Crippen LogP contribution in [-0.2, 0) is 13.0 Å². The number of hydrogen-bond donors (Lipinski definition) is 2. The minimum Gasteiger partial charge on any atom is -0.406 e. The summed E-state index contributed by atoms with van der Waals surface area (Å²) in [4.78, 5) is 8.42. The maximum absolute atomic E-state index is 12.1. The molecule has 1 aromatic heterocycles. The second-order valence-electron chi connectivity index (χ2n) is 6.12. The molecule has 2 rings (SSSR count). The van der Waals surface area contributed by atoms with Crippen LogP contribution in [0.15, 0.2) is 33.8 Å². The van der Waals surface area contributed by atoms with Crippen LogP contribution >= 0.6 is 24.0 Å². The molecule has 11 heteroatoms. The Kier molecular flexibility index (Phi) is 9.49. The van der Waals surface area contributed by atoms with E-state index >= 15 is 0 Å². The number of nitrogens with two attached hydrogens (primary N) is 1. The lowest BCUT2D eigenvalue weighted by Crippen LogP contribution is -2.32. The maximum Gasteiger partial charge on any atom is 0.573 e. The number of nitrogens with zero attached hydrogens (tertiary/aromatic N) is 3. The van der Waals surface area contributed by atoms with E-state index in [1.54, 1.807) is 0 Å². The molecule has 0 aliphatic heterocycles. The van der Waals surface area contributed by atoms with Crippen molar-refractivity contribution >= 4 is 29.9 Å². The normalized spacial score (nSPS) is 12.0. The van der Waals surface area contributed by atoms with Crippen LogP contribution < -0.4 is 15.8 Å². The Labute approximate surface area is 177 Å². The molecule has 0 amide bonds. The summed E-state index contributed by atoms with van der Waals surface area (Å²) >= 11 is 0. The molecule has 1 heterocycles. The molecule has 0 atom stereocenters. The summed E-state index contributed by atoms with van der Waals surface area (Å²) in [5.41, 5.74) is 6.48. The second-order valence-corrected chi connectivity index (χ2v) is 6.12. The molecule has 0 saturated carbocycles. The number of aromatic nitrogens is 2. The Morgan fingerprint density at radius 3 is 2.54 bits per heavy atom. The minimum absolute atomic E-state index is 0. The Morgan fingerprint density at radius 2 is 1.96 bits per heavy atom. The highest BCUT2D eigenvalue weighted by atomic mass is 127. The number of benzene rings is 1. The van der Waals surface area contributed by atoms with Gasteiger partial charge in [0, 0.05) is 18.9 Å². The molecule has 2 aromatic rings. The molecule has 0 unspecified atom stereocenters. The van der Waals surface area contributed by atoms with Gasteiger partial charge in [0.05, 0.1) is 6.54 Å². The highest BCUT2D eigenvalue weighted by Crippen LogP contribution is 2.22. The van der Waals surface area contributed by atoms with Crippen molar-refractivity contribution in [3.8, 4) is 5.75 Å². The molecule has 156 valence electrons. The van der Waals surface area contributed by atoms with Gasteiger partial charge in [-0.25, -0.2) is 4.99 Å². The van der Waals surface area contributed by atoms with Gasteiger partial charge in [0.25, 0.3) is 0 Å². The topological polar surface area (TPSA) is 98.6 Å². The number of aliphatic imine (C=N–C) groups is 1. The lowest BCUT2D eigenvalue weighted by atomic mass is 10.2. The van der Waals surface area contributed by atoms with E-state index < -0.39 is 6.36 Å². The standard InChI is InChI=1S/C17H22F3N5O2.HI/c1-11(2)15-24-14(27-25-15)4-3-9-22-16(21)23-10-12-5-7-13(8-6-12)26-17(18,19)20;/h5-8,11H,3-4,9-10H2,1-2H3,(H3,21,22,23);1H. The van der Waals surface area contributed by atoms with E-state index in [-0.39, 0.29) is 48.1 Å². The number of aryl methyl sites for hydroxylation is 1. The minimum atomic E-state index is -4.70. The molecule has 0 aliphatic rings. The number of rotatable bonds is 8. The van der Waals surface area contributed by atoms with E-state index in [9.17, 15) is 13.2 Å². The van der Waals surface area contributed by atoms with E-state index in [0.717, 1.165) is 6.42 Å². The van der Waals surface area contributed by atoms with Crippen molar-refractivity contribution in [1.82, 2.24) is 15.5 Å². The number of hydrogen-bond acceptors (Lipinski definition) is 5. The summed E-state index contributed by atoms with van der Waals surface area (Å²) in [7, 11) is 0. The van der Waals surface area contributed by atoms with E-state index in [4.69, 9.17) is 10.3 Å². The van der Waals surface area contributed by atoms with Crippen molar-refractivity contribution in [3.05, 3.63) is 41.5 Å². The lowest BCUT2D eigenvalue weighted by molar-refractivity contribution is -0.274. The molecular formula is C17H23F3IN5O2. The average Bonchev–Trinajstić information content (AvgIpc) is 3.06. The first-order valence-electron chi connectivity index (χ1n) is 8.44. The Balaban J connectivity index is 0.00000392. The van der Waals surface area contributed by atoms with E-state index in [1.165, 1.54) is 24.3 Å². The summed E-state index contributed by atoms with van der Waals surface area (Å²) in [6.45, 7) is 4.80. The summed E-state index contributed by atoms with van der Waals surface area (Å²) in [5, 5.41) is 6.85. The fourth-order valence-electron chi connectivity index (χ4n) is 2.09. The summed E-state index contributed by atoms with van der Waals surface area (Å²) in [6, 6.07) is 5.47. The number of guanidine groups is 1. The number of nitrogens with one attached hydrogen (secondary N) is 1. The van der Waals surface area contributed by atoms with Gasteiger partial charge in [0.1, 0.15) is 5.75 Å². The molecule has 0 fully saturated rings. The Hall–Kier alpha value is -2.05. The van der Waals surface area contributed by atoms with Gasteiger partial charge in [-0.15, -0.1) is 37.1 Å². The van der Waals surface area contributed by atoms with Gasteiger partial charge in [-0.1, -0.05) is 31.1 Å². The van der Waals surface area contributed by atoms with E-state index in [2.05, 4.69) is 25.2 Å². The quantitative estimate of drug-likeness (QED) is 0.242. The predicted octanol–water partition coefficient (Wildman–Crippen LogP) is 3.75. The van der Waals surface area contributed by atoms with Crippen LogP contribution in [0.25, 0.3) is 0 Å². The molecule has 7 nitrogen and oxygen atoms in total. The van der Waals surface area contributed by atoms with Crippen molar-refractivity contribution in [3.63, 3.8) is 0 Å². The molecule has 28 heavy (non-hydrogen) atoms. The first-order valence-corrected chi connectivity index (χ1v) is 8.44. The zero-order chi connectivity index (χ0) is 19.9. The van der Waals surface area contributed by atoms with E-state index in [1.807, 2.05) is 13.8 Å². The smallest absolute Gasteiger partial charge is 0.406 e. The Bertz CT molecular complexity index is 748. The maximum atomic E-state index is 12.1. The molecule has 1 aromatic carbocycles. The third-order valence-electron chi connectivity index (χ3n) is 3.46. The Morgan fingerprint density at radius 1 is 1.29 bits per heavy atom. The number of halogens is 4. The molecule has 0 spiro atoms. The van der Waals surface area contributed by atoms with Crippen LogP contribution in [0.5, 0.6) is 5.75 Å². The van der Waals surface area contributed by atoms with Gasteiger partial charge in [-0.2, -0.15) is 4.98 Å². The third kappa shape index (κ3) is 8.76. The first kappa shape index (κ1) is 24.0. The summed E-state index contributed by atoms with van der Waals surface area (Å²) in [6.07, 6.45) is -3.34. The first-order chi connectivity index (χ1) is 12.7. The monoisotopic (exact) mass is 513 g/mol. The predicted molar refractivity (Wildman–Crippen MR) is 109 cm³/mol. The number of alkyl halides is 3. The zero-order valence-corrected chi connectivity index (χ0v) is 17.8. The van der Waals surface area contributed by atoms with Crippen molar-refractivity contribution in [2.45, 2.75) is 45.5 Å². The third-order valence-corrected chi connectivity index (χ3v) is 3.46. The number of ether oxygens (including phenoxy) is 1. The van der Waals surface area contributed by atoms with Crippen LogP contribution in [0.3, 0.4) is 0 Å². The molecular weight excluding hydrogens is 490 g/mol. The van der Waals surface area contributed by atoms with Gasteiger partial charge in [-0.05, 0) is 24.1 Å². The van der Waals surface area contributed by atoms with Crippen LogP contribution in [0, 0.1) is 0 Å². The van der Waals surface area contributed by atoms with Crippen molar-refractivity contribution < 1.29 is 22.4 Å². The zero-order valence-electron chi connectivity index (χ0n) is 15.5. The highest BCUT2D eigenvalue weighted by Gasteiger charge is 2.30. The van der Waals surface area contributed by atoms with Gasteiger partial charge in [0.15, 0.2) is 11.8 Å². The van der Waals surface area contributed by atoms with E-state index in [0.29, 0.717) is 30.2 Å².